The first-order valence-corrected chi connectivity index (χ1v) is 6.96. The summed E-state index contributed by atoms with van der Waals surface area (Å²) in [7, 11) is -3.50. The quantitative estimate of drug-likeness (QED) is 0.607. The van der Waals surface area contributed by atoms with Crippen LogP contribution in [0.3, 0.4) is 0 Å². The molecule has 0 unspecified atom stereocenters. The van der Waals surface area contributed by atoms with Crippen LogP contribution in [0.4, 0.5) is 0 Å². The zero-order valence-electron chi connectivity index (χ0n) is 10.1. The first-order valence-electron chi connectivity index (χ1n) is 5.48. The van der Waals surface area contributed by atoms with Crippen molar-refractivity contribution in [1.82, 2.24) is 14.3 Å². The number of aromatic nitrogens is 2. The van der Waals surface area contributed by atoms with E-state index in [9.17, 15) is 8.42 Å². The van der Waals surface area contributed by atoms with E-state index in [4.69, 9.17) is 6.42 Å². The molecule has 0 aromatic carbocycles. The minimum absolute atomic E-state index is 0.0672. The molecule has 0 fully saturated rings. The van der Waals surface area contributed by atoms with Gasteiger partial charge in [-0.3, -0.25) is 0 Å². The highest BCUT2D eigenvalue weighted by molar-refractivity contribution is 7.89. The maximum atomic E-state index is 11.8. The van der Waals surface area contributed by atoms with Crippen molar-refractivity contribution in [1.29, 1.82) is 0 Å². The number of nitrogens with one attached hydrogen (secondary N) is 1. The lowest BCUT2D eigenvalue weighted by atomic mass is 10.3. The van der Waals surface area contributed by atoms with Crippen molar-refractivity contribution in [3.05, 3.63) is 12.0 Å². The predicted octanol–water partition coefficient (Wildman–Crippen LogP) is 0.903. The van der Waals surface area contributed by atoms with Crippen molar-refractivity contribution in [2.45, 2.75) is 38.3 Å². The summed E-state index contributed by atoms with van der Waals surface area (Å²) in [5.41, 5.74) is 0. The van der Waals surface area contributed by atoms with Crippen LogP contribution in [0.2, 0.25) is 0 Å². The molecule has 0 saturated carbocycles. The number of rotatable bonds is 6. The number of unbranched alkanes of at least 4 members (excludes halogenated alkanes) is 1. The average Bonchev–Trinajstić information content (AvgIpc) is 2.67. The second kappa shape index (κ2) is 5.84. The Morgan fingerprint density at radius 1 is 1.59 bits per heavy atom. The Bertz CT molecular complexity index is 511. The third kappa shape index (κ3) is 3.58. The van der Waals surface area contributed by atoms with Gasteiger partial charge in [0.1, 0.15) is 5.82 Å². The van der Waals surface area contributed by atoms with E-state index in [-0.39, 0.29) is 5.03 Å². The Labute approximate surface area is 102 Å². The molecule has 94 valence electrons. The van der Waals surface area contributed by atoms with E-state index in [0.717, 1.165) is 0 Å². The highest BCUT2D eigenvalue weighted by Gasteiger charge is 2.17. The van der Waals surface area contributed by atoms with Gasteiger partial charge in [-0.1, -0.05) is 0 Å². The Hall–Kier alpha value is -1.32. The van der Waals surface area contributed by atoms with Crippen molar-refractivity contribution < 1.29 is 8.42 Å². The van der Waals surface area contributed by atoms with Gasteiger partial charge < -0.3 is 4.57 Å². The SMILES string of the molecule is C#CCCCNS(=O)(=O)c1cn(CC)c(C)n1. The maximum Gasteiger partial charge on any atom is 0.259 e. The topological polar surface area (TPSA) is 64.0 Å². The Kier molecular flexibility index (Phi) is 4.73. The summed E-state index contributed by atoms with van der Waals surface area (Å²) in [6.45, 7) is 4.75. The zero-order chi connectivity index (χ0) is 12.9. The van der Waals surface area contributed by atoms with E-state index in [1.807, 2.05) is 6.92 Å². The highest BCUT2D eigenvalue weighted by Crippen LogP contribution is 2.08. The van der Waals surface area contributed by atoms with Gasteiger partial charge in [0.2, 0.25) is 0 Å². The fraction of sp³-hybridized carbons (Fsp3) is 0.545. The first kappa shape index (κ1) is 13.7. The molecule has 0 aliphatic heterocycles. The number of imidazole rings is 1. The molecule has 17 heavy (non-hydrogen) atoms. The number of sulfonamides is 1. The van der Waals surface area contributed by atoms with Crippen molar-refractivity contribution >= 4 is 10.0 Å². The number of nitrogens with zero attached hydrogens (tertiary/aromatic N) is 2. The molecular formula is C11H17N3O2S. The van der Waals surface area contributed by atoms with Gasteiger partial charge in [0.05, 0.1) is 0 Å². The van der Waals surface area contributed by atoms with Gasteiger partial charge in [-0.25, -0.2) is 18.1 Å². The summed E-state index contributed by atoms with van der Waals surface area (Å²) in [5.74, 6) is 3.15. The molecule has 5 nitrogen and oxygen atoms in total. The fourth-order valence-electron chi connectivity index (χ4n) is 1.40. The lowest BCUT2D eigenvalue weighted by Gasteiger charge is -2.02. The summed E-state index contributed by atoms with van der Waals surface area (Å²) < 4.78 is 27.9. The summed E-state index contributed by atoms with van der Waals surface area (Å²) in [6, 6.07) is 0. The maximum absolute atomic E-state index is 11.8. The third-order valence-electron chi connectivity index (χ3n) is 2.36. The molecule has 1 N–H and O–H groups in total. The monoisotopic (exact) mass is 255 g/mol. The second-order valence-electron chi connectivity index (χ2n) is 3.62. The van der Waals surface area contributed by atoms with E-state index in [1.54, 1.807) is 17.7 Å². The molecule has 0 spiro atoms. The molecule has 0 aliphatic rings. The third-order valence-corrected chi connectivity index (χ3v) is 3.69. The van der Waals surface area contributed by atoms with Crippen LogP contribution in [0.5, 0.6) is 0 Å². The second-order valence-corrected chi connectivity index (χ2v) is 5.33. The number of aryl methyl sites for hydroxylation is 2. The number of hydrogen-bond acceptors (Lipinski definition) is 3. The van der Waals surface area contributed by atoms with Gasteiger partial charge in [-0.05, 0) is 20.3 Å². The smallest absolute Gasteiger partial charge is 0.259 e. The van der Waals surface area contributed by atoms with Crippen molar-refractivity contribution in [2.24, 2.45) is 0 Å². The lowest BCUT2D eigenvalue weighted by Crippen LogP contribution is -2.25. The number of terminal acetylenes is 1. The van der Waals surface area contributed by atoms with Crippen LogP contribution in [-0.2, 0) is 16.6 Å². The van der Waals surface area contributed by atoms with Crippen LogP contribution in [0.25, 0.3) is 0 Å². The average molecular weight is 255 g/mol. The van der Waals surface area contributed by atoms with Crippen LogP contribution < -0.4 is 4.72 Å². The predicted molar refractivity (Wildman–Crippen MR) is 65.9 cm³/mol. The van der Waals surface area contributed by atoms with E-state index >= 15 is 0 Å². The molecule has 1 rings (SSSR count). The van der Waals surface area contributed by atoms with Crippen LogP contribution in [0.1, 0.15) is 25.6 Å². The minimum Gasteiger partial charge on any atom is -0.334 e. The first-order chi connectivity index (χ1) is 8.01. The summed E-state index contributed by atoms with van der Waals surface area (Å²) >= 11 is 0. The molecule has 1 aromatic rings. The fourth-order valence-corrected chi connectivity index (χ4v) is 2.48. The van der Waals surface area contributed by atoms with Crippen LogP contribution in [-0.4, -0.2) is 24.5 Å². The number of hydrogen-bond donors (Lipinski definition) is 1. The molecule has 0 atom stereocenters. The van der Waals surface area contributed by atoms with Gasteiger partial charge >= 0.3 is 0 Å². The minimum atomic E-state index is -3.50. The molecule has 0 bridgehead atoms. The summed E-state index contributed by atoms with van der Waals surface area (Å²) in [5, 5.41) is 0.0672. The molecule has 0 radical (unpaired) electrons. The Balaban J connectivity index is 2.73. The van der Waals surface area contributed by atoms with E-state index < -0.39 is 10.0 Å². The van der Waals surface area contributed by atoms with E-state index in [0.29, 0.717) is 31.8 Å². The summed E-state index contributed by atoms with van der Waals surface area (Å²) in [4.78, 5) is 4.02. The van der Waals surface area contributed by atoms with Crippen molar-refractivity contribution in [3.8, 4) is 12.3 Å². The van der Waals surface area contributed by atoms with E-state index in [1.165, 1.54) is 0 Å². The van der Waals surface area contributed by atoms with Gasteiger partial charge in [-0.2, -0.15) is 0 Å². The van der Waals surface area contributed by atoms with Crippen LogP contribution in [0, 0.1) is 19.3 Å². The van der Waals surface area contributed by atoms with Crippen LogP contribution >= 0.6 is 0 Å². The molecule has 0 saturated heterocycles. The van der Waals surface area contributed by atoms with Gasteiger partial charge in [-0.15, -0.1) is 12.3 Å². The molecular weight excluding hydrogens is 238 g/mol. The molecule has 0 aliphatic carbocycles. The Morgan fingerprint density at radius 3 is 2.82 bits per heavy atom. The summed E-state index contributed by atoms with van der Waals surface area (Å²) in [6.07, 6.45) is 7.82. The highest BCUT2D eigenvalue weighted by atomic mass is 32.2. The normalized spacial score (nSPS) is 11.4. The van der Waals surface area contributed by atoms with Gasteiger partial charge in [0.25, 0.3) is 10.0 Å². The van der Waals surface area contributed by atoms with Crippen molar-refractivity contribution in [2.75, 3.05) is 6.54 Å². The molecule has 1 aromatic heterocycles. The molecule has 1 heterocycles. The largest absolute Gasteiger partial charge is 0.334 e. The van der Waals surface area contributed by atoms with Crippen molar-refractivity contribution in [3.63, 3.8) is 0 Å². The Morgan fingerprint density at radius 2 is 2.29 bits per heavy atom. The lowest BCUT2D eigenvalue weighted by molar-refractivity contribution is 0.576. The van der Waals surface area contributed by atoms with E-state index in [2.05, 4.69) is 15.6 Å². The van der Waals surface area contributed by atoms with Gasteiger partial charge in [0, 0.05) is 25.7 Å². The standard InChI is InChI=1S/C11H17N3O2S/c1-4-6-7-8-12-17(15,16)11-9-14(5-2)10(3)13-11/h1,9,12H,5-8H2,2-3H3. The zero-order valence-corrected chi connectivity index (χ0v) is 10.9. The van der Waals surface area contributed by atoms with Gasteiger partial charge in [0.15, 0.2) is 5.03 Å². The van der Waals surface area contributed by atoms with Crippen LogP contribution in [0.15, 0.2) is 11.2 Å². The molecule has 6 heteroatoms. The molecule has 0 amide bonds.